The molecule has 0 unspecified atom stereocenters. The molecule has 0 aromatic rings. The minimum atomic E-state index is 0.573. The molecule has 0 aromatic carbocycles. The lowest BCUT2D eigenvalue weighted by Crippen LogP contribution is -2.41. The van der Waals surface area contributed by atoms with E-state index < -0.39 is 0 Å². The van der Waals surface area contributed by atoms with Crippen LogP contribution < -0.4 is 11.1 Å². The maximum absolute atomic E-state index is 5.85. The van der Waals surface area contributed by atoms with Gasteiger partial charge < -0.3 is 11.1 Å². The second-order valence-corrected chi connectivity index (χ2v) is 5.43. The Hall–Kier alpha value is -0.380. The first-order valence-corrected chi connectivity index (χ1v) is 7.77. The Morgan fingerprint density at radius 2 is 2.06 bits per heavy atom. The Balaban J connectivity index is 2.07. The summed E-state index contributed by atoms with van der Waals surface area (Å²) in [4.78, 5) is 4.36. The van der Waals surface area contributed by atoms with E-state index in [1.165, 1.54) is 44.3 Å². The first-order valence-electron chi connectivity index (χ1n) is 6.38. The highest BCUT2D eigenvalue weighted by atomic mass is 32.2. The molecule has 16 heavy (non-hydrogen) atoms. The Morgan fingerprint density at radius 3 is 2.75 bits per heavy atom. The van der Waals surface area contributed by atoms with Gasteiger partial charge in [0.2, 0.25) is 0 Å². The monoisotopic (exact) mass is 243 g/mol. The normalized spacial score (nSPS) is 18.7. The minimum Gasteiger partial charge on any atom is -0.370 e. The zero-order valence-electron chi connectivity index (χ0n) is 10.4. The average molecular weight is 243 g/mol. The summed E-state index contributed by atoms with van der Waals surface area (Å²) in [6.45, 7) is 0.867. The topological polar surface area (TPSA) is 50.4 Å². The SMILES string of the molecule is CSCCCCN=C(N)NC1CCCCC1. The van der Waals surface area contributed by atoms with Gasteiger partial charge in [0.15, 0.2) is 5.96 Å². The van der Waals surface area contributed by atoms with Gasteiger partial charge in [-0.15, -0.1) is 0 Å². The molecular weight excluding hydrogens is 218 g/mol. The molecule has 3 N–H and O–H groups in total. The highest BCUT2D eigenvalue weighted by Gasteiger charge is 2.12. The molecule has 0 amide bonds. The zero-order chi connectivity index (χ0) is 11.6. The van der Waals surface area contributed by atoms with Crippen LogP contribution in [0.25, 0.3) is 0 Å². The lowest BCUT2D eigenvalue weighted by molar-refractivity contribution is 0.412. The van der Waals surface area contributed by atoms with Crippen LogP contribution in [0.4, 0.5) is 0 Å². The molecule has 0 spiro atoms. The predicted octanol–water partition coefficient (Wildman–Crippen LogP) is 2.37. The van der Waals surface area contributed by atoms with E-state index in [0.717, 1.165) is 13.0 Å². The molecule has 1 rings (SSSR count). The van der Waals surface area contributed by atoms with Crippen LogP contribution in [-0.4, -0.2) is 30.6 Å². The van der Waals surface area contributed by atoms with Crippen molar-refractivity contribution in [3.05, 3.63) is 0 Å². The fraction of sp³-hybridized carbons (Fsp3) is 0.917. The number of unbranched alkanes of at least 4 members (excludes halogenated alkanes) is 1. The first kappa shape index (κ1) is 13.7. The van der Waals surface area contributed by atoms with Crippen LogP contribution in [0.3, 0.4) is 0 Å². The second-order valence-electron chi connectivity index (χ2n) is 4.45. The number of nitrogens with one attached hydrogen (secondary N) is 1. The Bertz CT molecular complexity index is 200. The van der Waals surface area contributed by atoms with Crippen molar-refractivity contribution in [1.82, 2.24) is 5.32 Å². The Kier molecular flexibility index (Phi) is 7.47. The van der Waals surface area contributed by atoms with E-state index in [1.54, 1.807) is 0 Å². The maximum atomic E-state index is 5.85. The van der Waals surface area contributed by atoms with Gasteiger partial charge in [0, 0.05) is 12.6 Å². The molecule has 1 aliphatic carbocycles. The summed E-state index contributed by atoms with van der Waals surface area (Å²) in [6, 6.07) is 0.573. The molecule has 0 saturated heterocycles. The summed E-state index contributed by atoms with van der Waals surface area (Å²) in [5, 5.41) is 3.33. The van der Waals surface area contributed by atoms with Crippen LogP contribution in [0.2, 0.25) is 0 Å². The smallest absolute Gasteiger partial charge is 0.188 e. The number of hydrogen-bond donors (Lipinski definition) is 2. The van der Waals surface area contributed by atoms with E-state index in [0.29, 0.717) is 12.0 Å². The van der Waals surface area contributed by atoms with Gasteiger partial charge in [-0.2, -0.15) is 11.8 Å². The summed E-state index contributed by atoms with van der Waals surface area (Å²) in [7, 11) is 0. The number of guanidine groups is 1. The molecule has 0 heterocycles. The maximum Gasteiger partial charge on any atom is 0.188 e. The number of aliphatic imine (C=N–C) groups is 1. The summed E-state index contributed by atoms with van der Waals surface area (Å²) < 4.78 is 0. The minimum absolute atomic E-state index is 0.573. The van der Waals surface area contributed by atoms with Gasteiger partial charge in [-0.3, -0.25) is 4.99 Å². The number of hydrogen-bond acceptors (Lipinski definition) is 2. The molecule has 1 aliphatic rings. The van der Waals surface area contributed by atoms with Gasteiger partial charge in [0.1, 0.15) is 0 Å². The van der Waals surface area contributed by atoms with E-state index >= 15 is 0 Å². The Labute approximate surface area is 104 Å². The quantitative estimate of drug-likeness (QED) is 0.428. The number of nitrogens with zero attached hydrogens (tertiary/aromatic N) is 1. The number of rotatable bonds is 6. The van der Waals surface area contributed by atoms with Crippen LogP contribution in [0.15, 0.2) is 4.99 Å². The lowest BCUT2D eigenvalue weighted by Gasteiger charge is -2.23. The van der Waals surface area contributed by atoms with Crippen LogP contribution in [0.1, 0.15) is 44.9 Å². The van der Waals surface area contributed by atoms with Gasteiger partial charge in [-0.25, -0.2) is 0 Å². The van der Waals surface area contributed by atoms with Crippen LogP contribution in [0.5, 0.6) is 0 Å². The van der Waals surface area contributed by atoms with Gasteiger partial charge in [0.25, 0.3) is 0 Å². The van der Waals surface area contributed by atoms with Gasteiger partial charge in [-0.1, -0.05) is 19.3 Å². The van der Waals surface area contributed by atoms with Gasteiger partial charge in [-0.05, 0) is 37.7 Å². The fourth-order valence-electron chi connectivity index (χ4n) is 2.06. The van der Waals surface area contributed by atoms with Crippen LogP contribution >= 0.6 is 11.8 Å². The number of thioether (sulfide) groups is 1. The van der Waals surface area contributed by atoms with Crippen molar-refractivity contribution >= 4 is 17.7 Å². The Morgan fingerprint density at radius 1 is 1.31 bits per heavy atom. The fourth-order valence-corrected chi connectivity index (χ4v) is 2.55. The third-order valence-corrected chi connectivity index (χ3v) is 3.69. The molecular formula is C12H25N3S. The summed E-state index contributed by atoms with van der Waals surface area (Å²) in [6.07, 6.45) is 11.1. The molecule has 1 saturated carbocycles. The summed E-state index contributed by atoms with van der Waals surface area (Å²) in [5.41, 5.74) is 5.85. The van der Waals surface area contributed by atoms with Crippen molar-refractivity contribution in [2.45, 2.75) is 51.0 Å². The zero-order valence-corrected chi connectivity index (χ0v) is 11.2. The molecule has 0 bridgehead atoms. The van der Waals surface area contributed by atoms with Gasteiger partial charge >= 0.3 is 0 Å². The summed E-state index contributed by atoms with van der Waals surface area (Å²) >= 11 is 1.89. The molecule has 3 nitrogen and oxygen atoms in total. The molecule has 0 aliphatic heterocycles. The van der Waals surface area contributed by atoms with E-state index in [4.69, 9.17) is 5.73 Å². The highest BCUT2D eigenvalue weighted by molar-refractivity contribution is 7.98. The lowest BCUT2D eigenvalue weighted by atomic mass is 9.96. The molecule has 94 valence electrons. The van der Waals surface area contributed by atoms with Crippen LogP contribution in [0, 0.1) is 0 Å². The van der Waals surface area contributed by atoms with E-state index in [1.807, 2.05) is 11.8 Å². The van der Waals surface area contributed by atoms with E-state index in [-0.39, 0.29) is 0 Å². The summed E-state index contributed by atoms with van der Waals surface area (Å²) in [5.74, 6) is 1.88. The molecule has 0 aromatic heterocycles. The van der Waals surface area contributed by atoms with Gasteiger partial charge in [0.05, 0.1) is 0 Å². The average Bonchev–Trinajstić information content (AvgIpc) is 2.30. The van der Waals surface area contributed by atoms with Crippen molar-refractivity contribution in [3.8, 4) is 0 Å². The third kappa shape index (κ3) is 6.26. The van der Waals surface area contributed by atoms with E-state index in [9.17, 15) is 0 Å². The largest absolute Gasteiger partial charge is 0.370 e. The molecule has 0 radical (unpaired) electrons. The van der Waals surface area contributed by atoms with Crippen molar-refractivity contribution in [2.75, 3.05) is 18.6 Å². The van der Waals surface area contributed by atoms with Crippen LogP contribution in [-0.2, 0) is 0 Å². The number of nitrogens with two attached hydrogens (primary N) is 1. The second kappa shape index (κ2) is 8.74. The van der Waals surface area contributed by atoms with E-state index in [2.05, 4.69) is 16.6 Å². The molecule has 0 atom stereocenters. The molecule has 4 heteroatoms. The van der Waals surface area contributed by atoms with Crippen molar-refractivity contribution in [1.29, 1.82) is 0 Å². The standard InChI is InChI=1S/C12H25N3S/c1-16-10-6-5-9-14-12(13)15-11-7-3-2-4-8-11/h11H,2-10H2,1H3,(H3,13,14,15). The third-order valence-electron chi connectivity index (χ3n) is 3.00. The van der Waals surface area contributed by atoms with Crippen molar-refractivity contribution in [2.24, 2.45) is 10.7 Å². The van der Waals surface area contributed by atoms with Crippen molar-refractivity contribution in [3.63, 3.8) is 0 Å². The molecule has 1 fully saturated rings. The predicted molar refractivity (Wildman–Crippen MR) is 74.1 cm³/mol. The first-order chi connectivity index (χ1) is 7.83. The highest BCUT2D eigenvalue weighted by Crippen LogP contribution is 2.16. The van der Waals surface area contributed by atoms with Crippen molar-refractivity contribution < 1.29 is 0 Å².